The molecule has 0 aliphatic heterocycles. The number of hydrogen-bond donors (Lipinski definition) is 1. The van der Waals surface area contributed by atoms with Crippen molar-refractivity contribution in [3.63, 3.8) is 0 Å². The molecule has 1 unspecified atom stereocenters. The lowest BCUT2D eigenvalue weighted by molar-refractivity contribution is -0.147. The molecule has 0 aliphatic rings. The first-order valence-electron chi connectivity index (χ1n) is 12.0. The van der Waals surface area contributed by atoms with Crippen molar-refractivity contribution in [3.8, 4) is 0 Å². The van der Waals surface area contributed by atoms with Crippen molar-refractivity contribution in [3.05, 3.63) is 0 Å². The molecule has 0 aromatic carbocycles. The van der Waals surface area contributed by atoms with Gasteiger partial charge in [0, 0.05) is 17.7 Å². The van der Waals surface area contributed by atoms with Crippen LogP contribution in [0.5, 0.6) is 0 Å². The van der Waals surface area contributed by atoms with Gasteiger partial charge in [-0.1, -0.05) is 65.7 Å². The summed E-state index contributed by atoms with van der Waals surface area (Å²) in [6.45, 7) is 7.42. The molecule has 0 aromatic heterocycles. The number of aliphatic hydroxyl groups excluding tert-OH is 1. The van der Waals surface area contributed by atoms with Crippen LogP contribution in [0.25, 0.3) is 0 Å². The number of carbonyl (C=O) groups excluding carboxylic acids is 1. The predicted molar refractivity (Wildman–Crippen MR) is 135 cm³/mol. The first kappa shape index (κ1) is 31.9. The highest BCUT2D eigenvalue weighted by atomic mass is 32.2. The van der Waals surface area contributed by atoms with Crippen molar-refractivity contribution < 1.29 is 28.3 Å². The summed E-state index contributed by atoms with van der Waals surface area (Å²) in [4.78, 5) is 13.7. The SMILES string of the molecule is CN(C)CCO[PH](=O)OC[C@H](O)COC(=O)CCCCCCCCCCCSC(C)(C)C. The minimum absolute atomic E-state index is 0.153. The van der Waals surface area contributed by atoms with E-state index in [1.54, 1.807) is 0 Å². The lowest BCUT2D eigenvalue weighted by Crippen LogP contribution is -2.23. The molecule has 0 aliphatic carbocycles. The molecule has 32 heavy (non-hydrogen) atoms. The highest BCUT2D eigenvalue weighted by Gasteiger charge is 2.11. The van der Waals surface area contributed by atoms with Gasteiger partial charge >= 0.3 is 14.2 Å². The van der Waals surface area contributed by atoms with E-state index in [1.165, 1.54) is 44.3 Å². The number of hydrogen-bond acceptors (Lipinski definition) is 8. The Morgan fingerprint density at radius 2 is 1.50 bits per heavy atom. The molecular weight excluding hydrogens is 449 g/mol. The summed E-state index contributed by atoms with van der Waals surface area (Å²) in [6.07, 6.45) is 10.1. The maximum Gasteiger partial charge on any atom is 0.319 e. The van der Waals surface area contributed by atoms with Gasteiger partial charge in [-0.2, -0.15) is 11.8 Å². The minimum atomic E-state index is -2.63. The van der Waals surface area contributed by atoms with E-state index in [2.05, 4.69) is 20.8 Å². The van der Waals surface area contributed by atoms with Crippen LogP contribution in [0, 0.1) is 0 Å². The molecule has 0 saturated heterocycles. The van der Waals surface area contributed by atoms with Gasteiger partial charge in [-0.15, -0.1) is 0 Å². The Labute approximate surface area is 201 Å². The van der Waals surface area contributed by atoms with Gasteiger partial charge in [0.1, 0.15) is 12.7 Å². The van der Waals surface area contributed by atoms with Crippen molar-refractivity contribution in [2.75, 3.05) is 46.2 Å². The maximum atomic E-state index is 11.8. The third-order valence-corrected chi connectivity index (χ3v) is 6.85. The average molecular weight is 498 g/mol. The molecule has 9 heteroatoms. The molecule has 0 fully saturated rings. The molecule has 192 valence electrons. The third-order valence-electron chi connectivity index (χ3n) is 4.65. The zero-order chi connectivity index (χ0) is 24.2. The lowest BCUT2D eigenvalue weighted by Gasteiger charge is -2.17. The highest BCUT2D eigenvalue weighted by Crippen LogP contribution is 2.25. The number of carbonyl (C=O) groups is 1. The monoisotopic (exact) mass is 497 g/mol. The van der Waals surface area contributed by atoms with Gasteiger partial charge in [-0.3, -0.25) is 9.36 Å². The van der Waals surface area contributed by atoms with E-state index < -0.39 is 14.4 Å². The number of likely N-dealkylation sites (N-methyl/N-ethyl adjacent to an activating group) is 1. The molecule has 7 nitrogen and oxygen atoms in total. The minimum Gasteiger partial charge on any atom is -0.463 e. The zero-order valence-electron chi connectivity index (χ0n) is 21.0. The number of ether oxygens (including phenoxy) is 1. The Hall–Kier alpha value is -0.110. The molecular formula is C23H48NO6PS. The second-order valence-corrected chi connectivity index (χ2v) is 12.4. The van der Waals surface area contributed by atoms with Crippen LogP contribution in [0.3, 0.4) is 0 Å². The number of nitrogens with zero attached hydrogens (tertiary/aromatic N) is 1. The Morgan fingerprint density at radius 3 is 2.06 bits per heavy atom. The molecule has 0 rings (SSSR count). The lowest BCUT2D eigenvalue weighted by atomic mass is 10.1. The second-order valence-electron chi connectivity index (χ2n) is 9.44. The molecule has 0 amide bonds. The molecule has 0 saturated carbocycles. The molecule has 0 heterocycles. The molecule has 2 atom stereocenters. The molecule has 0 spiro atoms. The predicted octanol–water partition coefficient (Wildman–Crippen LogP) is 5.31. The smallest absolute Gasteiger partial charge is 0.319 e. The van der Waals surface area contributed by atoms with Gasteiger partial charge < -0.3 is 23.8 Å². The van der Waals surface area contributed by atoms with Crippen LogP contribution in [-0.4, -0.2) is 73.0 Å². The van der Waals surface area contributed by atoms with Crippen molar-refractivity contribution in [2.24, 2.45) is 0 Å². The summed E-state index contributed by atoms with van der Waals surface area (Å²) in [5.74, 6) is 0.947. The second kappa shape index (κ2) is 20.3. The number of esters is 1. The van der Waals surface area contributed by atoms with E-state index in [4.69, 9.17) is 13.8 Å². The van der Waals surface area contributed by atoms with Crippen molar-refractivity contribution in [2.45, 2.75) is 95.8 Å². The highest BCUT2D eigenvalue weighted by molar-refractivity contribution is 8.00. The van der Waals surface area contributed by atoms with E-state index in [0.717, 1.165) is 19.3 Å². The van der Waals surface area contributed by atoms with Crippen LogP contribution in [0.1, 0.15) is 85.0 Å². The fraction of sp³-hybridized carbons (Fsp3) is 0.957. The van der Waals surface area contributed by atoms with Crippen LogP contribution in [0.2, 0.25) is 0 Å². The molecule has 0 radical (unpaired) electrons. The summed E-state index contributed by atoms with van der Waals surface area (Å²) in [5.41, 5.74) is 0. The van der Waals surface area contributed by atoms with E-state index in [1.807, 2.05) is 30.8 Å². The largest absolute Gasteiger partial charge is 0.463 e. The fourth-order valence-corrected chi connectivity index (χ4v) is 4.44. The summed E-state index contributed by atoms with van der Waals surface area (Å²) < 4.78 is 27.0. The molecule has 0 bridgehead atoms. The Kier molecular flexibility index (Phi) is 20.2. The third kappa shape index (κ3) is 24.5. The summed E-state index contributed by atoms with van der Waals surface area (Å²) >= 11 is 2.05. The zero-order valence-corrected chi connectivity index (χ0v) is 22.8. The van der Waals surface area contributed by atoms with Crippen molar-refractivity contribution in [1.82, 2.24) is 4.90 Å². The topological polar surface area (TPSA) is 85.3 Å². The number of unbranched alkanes of at least 4 members (excludes halogenated alkanes) is 8. The van der Waals surface area contributed by atoms with E-state index in [-0.39, 0.29) is 19.2 Å². The van der Waals surface area contributed by atoms with Crippen molar-refractivity contribution in [1.29, 1.82) is 0 Å². The fourth-order valence-electron chi connectivity index (χ4n) is 2.81. The average Bonchev–Trinajstić information content (AvgIpc) is 2.70. The molecule has 0 aromatic rings. The number of thioether (sulfide) groups is 1. The Balaban J connectivity index is 3.44. The number of aliphatic hydroxyl groups is 1. The summed E-state index contributed by atoms with van der Waals surface area (Å²) in [7, 11) is 1.14. The van der Waals surface area contributed by atoms with Gasteiger partial charge in [-0.05, 0) is 32.7 Å². The molecule has 1 N–H and O–H groups in total. The van der Waals surface area contributed by atoms with E-state index >= 15 is 0 Å². The van der Waals surface area contributed by atoms with Gasteiger partial charge in [-0.25, -0.2) is 0 Å². The Morgan fingerprint density at radius 1 is 0.938 bits per heavy atom. The first-order chi connectivity index (χ1) is 15.1. The van der Waals surface area contributed by atoms with Crippen LogP contribution in [0.4, 0.5) is 0 Å². The van der Waals surface area contributed by atoms with E-state index in [9.17, 15) is 14.5 Å². The quantitative estimate of drug-likeness (QED) is 0.130. The normalized spacial score (nSPS) is 14.0. The van der Waals surface area contributed by atoms with Gasteiger partial charge in [0.15, 0.2) is 0 Å². The number of rotatable bonds is 21. The van der Waals surface area contributed by atoms with Crippen LogP contribution >= 0.6 is 20.0 Å². The Bertz CT molecular complexity index is 488. The maximum absolute atomic E-state index is 11.8. The van der Waals surface area contributed by atoms with Crippen LogP contribution in [-0.2, 0) is 23.1 Å². The van der Waals surface area contributed by atoms with Crippen LogP contribution < -0.4 is 0 Å². The van der Waals surface area contributed by atoms with Crippen molar-refractivity contribution >= 4 is 26.0 Å². The standard InChI is InChI=1S/C23H48NO6PS/c1-23(2,3)32-18-14-12-10-8-6-7-9-11-13-15-22(26)28-19-21(25)20-30-31(27)29-17-16-24(4)5/h21,25,31H,6-20H2,1-5H3/t21-/m1/s1. The van der Waals surface area contributed by atoms with Gasteiger partial charge in [0.2, 0.25) is 0 Å². The summed E-state index contributed by atoms with van der Waals surface area (Å²) in [5, 5.41) is 9.77. The van der Waals surface area contributed by atoms with Gasteiger partial charge in [0.05, 0.1) is 13.2 Å². The first-order valence-corrected chi connectivity index (χ1v) is 14.2. The van der Waals surface area contributed by atoms with Crippen LogP contribution in [0.15, 0.2) is 0 Å². The summed E-state index contributed by atoms with van der Waals surface area (Å²) in [6, 6.07) is 0. The van der Waals surface area contributed by atoms with Gasteiger partial charge in [0.25, 0.3) is 0 Å². The van der Waals surface area contributed by atoms with E-state index in [0.29, 0.717) is 24.3 Å².